The number of aryl methyl sites for hydroxylation is 1. The third-order valence-corrected chi connectivity index (χ3v) is 6.17. The van der Waals surface area contributed by atoms with Crippen molar-refractivity contribution >= 4 is 28.8 Å². The van der Waals surface area contributed by atoms with Gasteiger partial charge >= 0.3 is 0 Å². The van der Waals surface area contributed by atoms with E-state index in [1.54, 1.807) is 18.5 Å². The molecule has 1 saturated carbocycles. The number of hydrogen-bond donors (Lipinski definition) is 1. The van der Waals surface area contributed by atoms with Gasteiger partial charge in [0.2, 0.25) is 5.91 Å². The van der Waals surface area contributed by atoms with Gasteiger partial charge in [0.1, 0.15) is 0 Å². The smallest absolute Gasteiger partial charge is 0.264 e. The summed E-state index contributed by atoms with van der Waals surface area (Å²) in [6, 6.07) is 5.62. The topological polar surface area (TPSA) is 62.3 Å². The molecule has 5 nitrogen and oxygen atoms in total. The molecule has 4 rings (SSSR count). The van der Waals surface area contributed by atoms with Crippen LogP contribution in [0.3, 0.4) is 0 Å². The van der Waals surface area contributed by atoms with Gasteiger partial charge in [-0.2, -0.15) is 0 Å². The van der Waals surface area contributed by atoms with Crippen molar-refractivity contribution in [1.82, 2.24) is 9.88 Å². The van der Waals surface area contributed by atoms with Crippen LogP contribution < -0.4 is 5.32 Å². The number of aromatic nitrogens is 1. The lowest BCUT2D eigenvalue weighted by Crippen LogP contribution is -2.29. The first-order chi connectivity index (χ1) is 11.6. The maximum atomic E-state index is 12.6. The number of hydrogen-bond acceptors (Lipinski definition) is 4. The molecule has 0 radical (unpaired) electrons. The molecule has 1 aliphatic carbocycles. The van der Waals surface area contributed by atoms with Gasteiger partial charge in [0.25, 0.3) is 5.91 Å². The summed E-state index contributed by atoms with van der Waals surface area (Å²) in [6.45, 7) is 3.40. The van der Waals surface area contributed by atoms with Gasteiger partial charge in [-0.25, -0.2) is 0 Å². The van der Waals surface area contributed by atoms with Crippen LogP contribution in [0.25, 0.3) is 0 Å². The van der Waals surface area contributed by atoms with Crippen LogP contribution >= 0.6 is 11.3 Å². The van der Waals surface area contributed by atoms with Crippen molar-refractivity contribution in [3.8, 4) is 0 Å². The minimum atomic E-state index is -0.0207. The molecule has 0 bridgehead atoms. The van der Waals surface area contributed by atoms with E-state index in [9.17, 15) is 9.59 Å². The standard InChI is InChI=1S/C18H19N3O2S/c1-12-4-8-24-15(12)17(23)21-7-5-18(11-21)9-14(18)16(22)20-13-3-2-6-19-10-13/h2-4,6,8,10,14H,5,7,9,11H2,1H3,(H,20,22)/t14-,18-/m1/s1. The first-order valence-electron chi connectivity index (χ1n) is 8.13. The Balaban J connectivity index is 1.40. The van der Waals surface area contributed by atoms with Crippen molar-refractivity contribution < 1.29 is 9.59 Å². The zero-order valence-corrected chi connectivity index (χ0v) is 14.3. The zero-order chi connectivity index (χ0) is 16.7. The number of carbonyl (C=O) groups is 2. The average Bonchev–Trinajstić information content (AvgIpc) is 2.89. The molecule has 1 spiro atoms. The van der Waals surface area contributed by atoms with E-state index < -0.39 is 0 Å². The van der Waals surface area contributed by atoms with Crippen molar-refractivity contribution in [3.05, 3.63) is 46.4 Å². The summed E-state index contributed by atoms with van der Waals surface area (Å²) in [5, 5.41) is 4.89. The normalized spacial score (nSPS) is 25.0. The monoisotopic (exact) mass is 341 g/mol. The van der Waals surface area contributed by atoms with E-state index in [0.717, 1.165) is 35.5 Å². The summed E-state index contributed by atoms with van der Waals surface area (Å²) in [5.41, 5.74) is 1.74. The molecule has 124 valence electrons. The highest BCUT2D eigenvalue weighted by molar-refractivity contribution is 7.12. The molecule has 0 unspecified atom stereocenters. The molecular weight excluding hydrogens is 322 g/mol. The lowest BCUT2D eigenvalue weighted by atomic mass is 10.0. The largest absolute Gasteiger partial charge is 0.337 e. The van der Waals surface area contributed by atoms with Crippen LogP contribution in [0.2, 0.25) is 0 Å². The maximum absolute atomic E-state index is 12.6. The summed E-state index contributed by atoms with van der Waals surface area (Å²) in [6.07, 6.45) is 5.11. The molecule has 2 atom stereocenters. The van der Waals surface area contributed by atoms with E-state index in [2.05, 4.69) is 10.3 Å². The van der Waals surface area contributed by atoms with Gasteiger partial charge in [-0.1, -0.05) is 0 Å². The minimum absolute atomic E-state index is 0.0000567. The van der Waals surface area contributed by atoms with Crippen molar-refractivity contribution in [3.63, 3.8) is 0 Å². The van der Waals surface area contributed by atoms with Crippen molar-refractivity contribution in [2.24, 2.45) is 11.3 Å². The second-order valence-corrected chi connectivity index (χ2v) is 7.68. The summed E-state index contributed by atoms with van der Waals surface area (Å²) < 4.78 is 0. The highest BCUT2D eigenvalue weighted by atomic mass is 32.1. The molecule has 2 fully saturated rings. The number of thiophene rings is 1. The summed E-state index contributed by atoms with van der Waals surface area (Å²) >= 11 is 1.50. The van der Waals surface area contributed by atoms with Gasteiger partial charge < -0.3 is 10.2 Å². The van der Waals surface area contributed by atoms with E-state index in [1.807, 2.05) is 29.3 Å². The van der Waals surface area contributed by atoms with E-state index in [-0.39, 0.29) is 23.1 Å². The highest BCUT2D eigenvalue weighted by Crippen LogP contribution is 2.59. The highest BCUT2D eigenvalue weighted by Gasteiger charge is 2.61. The van der Waals surface area contributed by atoms with Gasteiger partial charge in [0, 0.05) is 30.6 Å². The van der Waals surface area contributed by atoms with Gasteiger partial charge in [0.15, 0.2) is 0 Å². The minimum Gasteiger partial charge on any atom is -0.337 e. The Kier molecular flexibility index (Phi) is 3.64. The van der Waals surface area contributed by atoms with Crippen LogP contribution in [0.5, 0.6) is 0 Å². The lowest BCUT2D eigenvalue weighted by molar-refractivity contribution is -0.118. The SMILES string of the molecule is Cc1ccsc1C(=O)N1CC[C@@]2(C[C@@H]2C(=O)Nc2cccnc2)C1. The number of likely N-dealkylation sites (tertiary alicyclic amines) is 1. The molecule has 1 N–H and O–H groups in total. The first kappa shape index (κ1) is 15.3. The third kappa shape index (κ3) is 2.60. The van der Waals surface area contributed by atoms with Gasteiger partial charge in [0.05, 0.1) is 16.8 Å². The molecule has 1 aliphatic heterocycles. The number of carbonyl (C=O) groups excluding carboxylic acids is 2. The predicted molar refractivity (Wildman–Crippen MR) is 93.0 cm³/mol. The molecule has 2 aliphatic rings. The van der Waals surface area contributed by atoms with Gasteiger partial charge in [-0.05, 0) is 48.9 Å². The Morgan fingerprint density at radius 3 is 3.00 bits per heavy atom. The first-order valence-corrected chi connectivity index (χ1v) is 9.01. The molecule has 1 saturated heterocycles. The zero-order valence-electron chi connectivity index (χ0n) is 13.5. The number of anilines is 1. The average molecular weight is 341 g/mol. The summed E-state index contributed by atoms with van der Waals surface area (Å²) in [5.74, 6) is 0.155. The number of rotatable bonds is 3. The quantitative estimate of drug-likeness (QED) is 0.934. The number of nitrogens with one attached hydrogen (secondary N) is 1. The van der Waals surface area contributed by atoms with E-state index in [1.165, 1.54) is 11.3 Å². The van der Waals surface area contributed by atoms with Crippen molar-refractivity contribution in [2.45, 2.75) is 19.8 Å². The molecule has 24 heavy (non-hydrogen) atoms. The fourth-order valence-corrected chi connectivity index (χ4v) is 4.53. The van der Waals surface area contributed by atoms with Crippen molar-refractivity contribution in [1.29, 1.82) is 0 Å². The third-order valence-electron chi connectivity index (χ3n) is 5.16. The van der Waals surface area contributed by atoms with E-state index >= 15 is 0 Å². The van der Waals surface area contributed by atoms with Gasteiger partial charge in [-0.3, -0.25) is 14.6 Å². The Labute approximate surface area is 144 Å². The Morgan fingerprint density at radius 2 is 2.29 bits per heavy atom. The molecule has 6 heteroatoms. The van der Waals surface area contributed by atoms with E-state index in [4.69, 9.17) is 0 Å². The molecule has 0 aromatic carbocycles. The fraction of sp³-hybridized carbons (Fsp3) is 0.389. The second kappa shape index (κ2) is 5.70. The Morgan fingerprint density at radius 1 is 1.42 bits per heavy atom. The second-order valence-electron chi connectivity index (χ2n) is 6.76. The number of nitrogens with zero attached hydrogens (tertiary/aromatic N) is 2. The molecule has 2 amide bonds. The number of amides is 2. The van der Waals surface area contributed by atoms with Crippen LogP contribution in [0, 0.1) is 18.3 Å². The van der Waals surface area contributed by atoms with Crippen LogP contribution in [0.1, 0.15) is 28.1 Å². The molecule has 3 heterocycles. The molecule has 2 aromatic heterocycles. The Bertz CT molecular complexity index is 789. The van der Waals surface area contributed by atoms with Gasteiger partial charge in [-0.15, -0.1) is 11.3 Å². The fourth-order valence-electron chi connectivity index (χ4n) is 3.64. The van der Waals surface area contributed by atoms with E-state index in [0.29, 0.717) is 6.54 Å². The molecule has 2 aromatic rings. The van der Waals surface area contributed by atoms with Crippen LogP contribution in [0.15, 0.2) is 36.0 Å². The van der Waals surface area contributed by atoms with Crippen LogP contribution in [-0.2, 0) is 4.79 Å². The van der Waals surface area contributed by atoms with Crippen LogP contribution in [-0.4, -0.2) is 34.8 Å². The predicted octanol–water partition coefficient (Wildman–Crippen LogP) is 2.94. The molecular formula is C18H19N3O2S. The lowest BCUT2D eigenvalue weighted by Gasteiger charge is -2.16. The number of pyridine rings is 1. The summed E-state index contributed by atoms with van der Waals surface area (Å²) in [7, 11) is 0. The summed E-state index contributed by atoms with van der Waals surface area (Å²) in [4.78, 5) is 31.8. The Hall–Kier alpha value is -2.21. The van der Waals surface area contributed by atoms with Crippen molar-refractivity contribution in [2.75, 3.05) is 18.4 Å². The van der Waals surface area contributed by atoms with Crippen LogP contribution in [0.4, 0.5) is 5.69 Å². The maximum Gasteiger partial charge on any atom is 0.264 e.